The fourth-order valence-corrected chi connectivity index (χ4v) is 6.37. The molecule has 2 atom stereocenters. The van der Waals surface area contributed by atoms with Crippen LogP contribution in [0.25, 0.3) is 39.3 Å². The quantitative estimate of drug-likeness (QED) is 0.256. The standard InChI is InChI=1S/C31H30N8/c1-19-14-21(38-18-22-15-23(38)17-37(22)2)6-7-24(19)28-10-13-35-31-29(25-4-3-5-27(33)26(25)16-32)30(36-39(28)31)20-8-11-34-12-9-20/h3-14,16,22-23,32H,15,17-18,33H2,1-2H3/t22?,23-/m0/s1. The number of likely N-dealkylation sites (tertiary alicyclic amines) is 1. The minimum Gasteiger partial charge on any atom is -0.398 e. The monoisotopic (exact) mass is 514 g/mol. The molecule has 2 aliphatic rings. The zero-order valence-electron chi connectivity index (χ0n) is 22.0. The van der Waals surface area contributed by atoms with E-state index in [0.717, 1.165) is 52.4 Å². The Morgan fingerprint density at radius 3 is 2.54 bits per heavy atom. The van der Waals surface area contributed by atoms with Crippen molar-refractivity contribution < 1.29 is 0 Å². The van der Waals surface area contributed by atoms with Crippen molar-refractivity contribution in [2.24, 2.45) is 0 Å². The number of aromatic nitrogens is 4. The molecule has 7 rings (SSSR count). The number of fused-ring (bicyclic) bond motifs is 3. The van der Waals surface area contributed by atoms with Gasteiger partial charge in [0.05, 0.1) is 11.3 Å². The Labute approximate surface area is 227 Å². The number of hydrogen-bond donors (Lipinski definition) is 2. The van der Waals surface area contributed by atoms with Gasteiger partial charge < -0.3 is 16.0 Å². The van der Waals surface area contributed by atoms with Gasteiger partial charge in [-0.15, -0.1) is 0 Å². The summed E-state index contributed by atoms with van der Waals surface area (Å²) in [6.07, 6.45) is 7.92. The largest absolute Gasteiger partial charge is 0.398 e. The van der Waals surface area contributed by atoms with E-state index in [4.69, 9.17) is 21.2 Å². The van der Waals surface area contributed by atoms with Crippen LogP contribution in [-0.2, 0) is 0 Å². The first-order chi connectivity index (χ1) is 19.0. The lowest BCUT2D eigenvalue weighted by Crippen LogP contribution is -2.44. The number of hydrogen-bond acceptors (Lipinski definition) is 7. The lowest BCUT2D eigenvalue weighted by atomic mass is 9.96. The van der Waals surface area contributed by atoms with Crippen LogP contribution in [0.1, 0.15) is 17.5 Å². The summed E-state index contributed by atoms with van der Waals surface area (Å²) in [5, 5.41) is 13.2. The molecule has 2 fully saturated rings. The summed E-state index contributed by atoms with van der Waals surface area (Å²) in [5.74, 6) is 0. The second-order valence-corrected chi connectivity index (χ2v) is 10.6. The first-order valence-electron chi connectivity index (χ1n) is 13.3. The summed E-state index contributed by atoms with van der Waals surface area (Å²) in [4.78, 5) is 14.0. The normalized spacial score (nSPS) is 18.8. The molecule has 2 aromatic carbocycles. The van der Waals surface area contributed by atoms with Gasteiger partial charge in [-0.2, -0.15) is 5.10 Å². The third-order valence-corrected chi connectivity index (χ3v) is 8.36. The molecule has 194 valence electrons. The molecular formula is C31H30N8. The van der Waals surface area contributed by atoms with Gasteiger partial charge in [-0.1, -0.05) is 18.2 Å². The van der Waals surface area contributed by atoms with Gasteiger partial charge in [0.15, 0.2) is 5.65 Å². The van der Waals surface area contributed by atoms with Gasteiger partial charge in [0.25, 0.3) is 0 Å². The van der Waals surface area contributed by atoms with Crippen molar-refractivity contribution in [3.8, 4) is 33.6 Å². The number of nitrogens with zero attached hydrogens (tertiary/aromatic N) is 6. The zero-order valence-corrected chi connectivity index (χ0v) is 22.0. The highest BCUT2D eigenvalue weighted by atomic mass is 15.3. The average molecular weight is 515 g/mol. The maximum atomic E-state index is 8.08. The highest BCUT2D eigenvalue weighted by molar-refractivity contribution is 6.01. The molecule has 3 N–H and O–H groups in total. The van der Waals surface area contributed by atoms with Crippen LogP contribution in [0.2, 0.25) is 0 Å². The molecule has 0 radical (unpaired) electrons. The van der Waals surface area contributed by atoms with E-state index in [1.54, 1.807) is 12.4 Å². The van der Waals surface area contributed by atoms with E-state index in [0.29, 0.717) is 23.3 Å². The Hall–Kier alpha value is -4.56. The first-order valence-corrected chi connectivity index (χ1v) is 13.3. The van der Waals surface area contributed by atoms with E-state index in [1.165, 1.54) is 23.9 Å². The van der Waals surface area contributed by atoms with Gasteiger partial charge in [-0.25, -0.2) is 9.50 Å². The molecule has 1 unspecified atom stereocenters. The fourth-order valence-electron chi connectivity index (χ4n) is 6.37. The Morgan fingerprint density at radius 1 is 0.974 bits per heavy atom. The van der Waals surface area contributed by atoms with E-state index >= 15 is 0 Å². The number of nitrogens with one attached hydrogen (secondary N) is 1. The molecule has 3 aromatic heterocycles. The molecular weight excluding hydrogens is 484 g/mol. The van der Waals surface area contributed by atoms with Crippen molar-refractivity contribution in [2.45, 2.75) is 25.4 Å². The number of piperazine rings is 1. The summed E-state index contributed by atoms with van der Waals surface area (Å²) in [6.45, 7) is 4.39. The van der Waals surface area contributed by atoms with Crippen LogP contribution in [0.3, 0.4) is 0 Å². The second kappa shape index (κ2) is 9.03. The number of anilines is 2. The van der Waals surface area contributed by atoms with Gasteiger partial charge in [-0.3, -0.25) is 9.88 Å². The minimum absolute atomic E-state index is 0.548. The highest BCUT2D eigenvalue weighted by Crippen LogP contribution is 2.40. The number of benzene rings is 2. The van der Waals surface area contributed by atoms with E-state index in [1.807, 2.05) is 47.1 Å². The van der Waals surface area contributed by atoms with Crippen LogP contribution in [-0.4, -0.2) is 62.9 Å². The fraction of sp³-hybridized carbons (Fsp3) is 0.226. The molecule has 0 amide bonds. The third-order valence-electron chi connectivity index (χ3n) is 8.36. The molecule has 0 saturated carbocycles. The van der Waals surface area contributed by atoms with Crippen LogP contribution in [0.4, 0.5) is 11.4 Å². The lowest BCUT2D eigenvalue weighted by molar-refractivity contribution is 0.292. The maximum Gasteiger partial charge on any atom is 0.164 e. The Balaban J connectivity index is 1.40. The van der Waals surface area contributed by atoms with Crippen molar-refractivity contribution in [3.63, 3.8) is 0 Å². The first kappa shape index (κ1) is 23.5. The second-order valence-electron chi connectivity index (χ2n) is 10.6. The summed E-state index contributed by atoms with van der Waals surface area (Å²) in [5.41, 5.74) is 16.2. The molecule has 5 aromatic rings. The van der Waals surface area contributed by atoms with Crippen LogP contribution >= 0.6 is 0 Å². The van der Waals surface area contributed by atoms with Crippen molar-refractivity contribution in [2.75, 3.05) is 30.8 Å². The van der Waals surface area contributed by atoms with Crippen LogP contribution in [0.15, 0.2) is 73.2 Å². The number of rotatable bonds is 5. The summed E-state index contributed by atoms with van der Waals surface area (Å²) < 4.78 is 1.93. The van der Waals surface area contributed by atoms with Crippen molar-refractivity contribution in [1.82, 2.24) is 24.5 Å². The molecule has 2 saturated heterocycles. The average Bonchev–Trinajstić information content (AvgIpc) is 3.65. The van der Waals surface area contributed by atoms with E-state index in [9.17, 15) is 0 Å². The number of aryl methyl sites for hydroxylation is 1. The molecule has 2 bridgehead atoms. The Bertz CT molecular complexity index is 1720. The van der Waals surface area contributed by atoms with Crippen molar-refractivity contribution in [1.29, 1.82) is 5.41 Å². The van der Waals surface area contributed by atoms with Gasteiger partial charge in [0, 0.05) is 78.0 Å². The van der Waals surface area contributed by atoms with Crippen LogP contribution in [0.5, 0.6) is 0 Å². The lowest BCUT2D eigenvalue weighted by Gasteiger charge is -2.34. The topological polar surface area (TPSA) is 99.4 Å². The SMILES string of the molecule is Cc1cc(N2CC3C[C@H]2CN3C)ccc1-c1ccnc2c(-c3cccc(N)c3C=N)c(-c3ccncc3)nn12. The van der Waals surface area contributed by atoms with E-state index in [2.05, 4.69) is 47.0 Å². The smallest absolute Gasteiger partial charge is 0.164 e. The summed E-state index contributed by atoms with van der Waals surface area (Å²) in [7, 11) is 2.23. The predicted octanol–water partition coefficient (Wildman–Crippen LogP) is 4.91. The highest BCUT2D eigenvalue weighted by Gasteiger charge is 2.41. The molecule has 8 heteroatoms. The third kappa shape index (κ3) is 3.71. The van der Waals surface area contributed by atoms with Gasteiger partial charge >= 0.3 is 0 Å². The molecule has 8 nitrogen and oxygen atoms in total. The van der Waals surface area contributed by atoms with Gasteiger partial charge in [0.1, 0.15) is 5.69 Å². The number of nitrogen functional groups attached to an aromatic ring is 1. The van der Waals surface area contributed by atoms with Crippen LogP contribution < -0.4 is 10.6 Å². The van der Waals surface area contributed by atoms with Crippen molar-refractivity contribution in [3.05, 3.63) is 84.3 Å². The van der Waals surface area contributed by atoms with Gasteiger partial charge in [0.2, 0.25) is 0 Å². The van der Waals surface area contributed by atoms with Crippen molar-refractivity contribution >= 4 is 23.2 Å². The summed E-state index contributed by atoms with van der Waals surface area (Å²) >= 11 is 0. The molecule has 0 spiro atoms. The van der Waals surface area contributed by atoms with E-state index < -0.39 is 0 Å². The molecule has 2 aliphatic heterocycles. The molecule has 39 heavy (non-hydrogen) atoms. The zero-order chi connectivity index (χ0) is 26.7. The molecule has 0 aliphatic carbocycles. The minimum atomic E-state index is 0.548. The predicted molar refractivity (Wildman–Crippen MR) is 156 cm³/mol. The Kier molecular flexibility index (Phi) is 5.45. The number of nitrogens with two attached hydrogens (primary N) is 1. The van der Waals surface area contributed by atoms with Gasteiger partial charge in [-0.05, 0) is 67.9 Å². The number of pyridine rings is 1. The van der Waals surface area contributed by atoms with E-state index in [-0.39, 0.29) is 0 Å². The summed E-state index contributed by atoms with van der Waals surface area (Å²) in [6, 6.07) is 19.6. The maximum absolute atomic E-state index is 8.08. The molecule has 5 heterocycles. The van der Waals surface area contributed by atoms with Crippen LogP contribution in [0, 0.1) is 12.3 Å². The Morgan fingerprint density at radius 2 is 1.82 bits per heavy atom. The number of likely N-dealkylation sites (N-methyl/N-ethyl adjacent to an activating group) is 1.